The molecule has 2 aromatic carbocycles. The molecule has 0 bridgehead atoms. The van der Waals surface area contributed by atoms with Crippen LogP contribution in [-0.4, -0.2) is 19.5 Å². The van der Waals surface area contributed by atoms with Gasteiger partial charge in [0.05, 0.1) is 0 Å². The molecule has 0 aromatic heterocycles. The Bertz CT molecular complexity index is 630. The van der Waals surface area contributed by atoms with E-state index in [9.17, 15) is 13.2 Å². The minimum absolute atomic E-state index is 0. The first kappa shape index (κ1) is 19.1. The average molecular weight is 348 g/mol. The molecular weight excluding hydrogens is 331 g/mol. The molecule has 7 heteroatoms. The molecule has 126 valence electrons. The lowest BCUT2D eigenvalue weighted by Gasteiger charge is -2.15. The van der Waals surface area contributed by atoms with Crippen molar-refractivity contribution < 1.29 is 22.6 Å². The van der Waals surface area contributed by atoms with Gasteiger partial charge in [-0.05, 0) is 30.2 Å². The van der Waals surface area contributed by atoms with Crippen LogP contribution in [0.2, 0.25) is 0 Å². The molecule has 3 nitrogen and oxygen atoms in total. The summed E-state index contributed by atoms with van der Waals surface area (Å²) in [4.78, 5) is 0. The Morgan fingerprint density at radius 3 is 2.13 bits per heavy atom. The Labute approximate surface area is 138 Å². The van der Waals surface area contributed by atoms with Gasteiger partial charge in [0.2, 0.25) is 0 Å². The van der Waals surface area contributed by atoms with E-state index >= 15 is 0 Å². The third kappa shape index (κ3) is 5.65. The molecule has 2 rings (SSSR count). The zero-order chi connectivity index (χ0) is 16.2. The van der Waals surface area contributed by atoms with Crippen molar-refractivity contribution in [2.75, 3.05) is 13.2 Å². The summed E-state index contributed by atoms with van der Waals surface area (Å²) in [5.41, 5.74) is 7.77. The summed E-state index contributed by atoms with van der Waals surface area (Å²) in [5, 5.41) is 0. The Hall–Kier alpha value is -1.92. The molecule has 0 fully saturated rings. The first-order valence-corrected chi connectivity index (χ1v) is 6.69. The van der Waals surface area contributed by atoms with Gasteiger partial charge in [-0.1, -0.05) is 35.9 Å². The van der Waals surface area contributed by atoms with Crippen LogP contribution in [0.3, 0.4) is 0 Å². The molecule has 0 unspecified atom stereocenters. The molecule has 0 aliphatic carbocycles. The number of benzene rings is 2. The van der Waals surface area contributed by atoms with E-state index in [4.69, 9.17) is 10.5 Å². The van der Waals surface area contributed by atoms with E-state index in [0.717, 1.165) is 11.1 Å². The highest BCUT2D eigenvalue weighted by atomic mass is 35.5. The van der Waals surface area contributed by atoms with Gasteiger partial charge in [0, 0.05) is 6.54 Å². The molecule has 23 heavy (non-hydrogen) atoms. The van der Waals surface area contributed by atoms with Crippen LogP contribution in [0.25, 0.3) is 11.1 Å². The van der Waals surface area contributed by atoms with E-state index in [-0.39, 0.29) is 37.1 Å². The first-order valence-electron chi connectivity index (χ1n) is 6.69. The van der Waals surface area contributed by atoms with Gasteiger partial charge in [-0.3, -0.25) is 0 Å². The predicted molar refractivity (Wildman–Crippen MR) is 85.1 cm³/mol. The maximum absolute atomic E-state index is 12.5. The van der Waals surface area contributed by atoms with Gasteiger partial charge in [0.25, 0.3) is 0 Å². The summed E-state index contributed by atoms with van der Waals surface area (Å²) >= 11 is 0. The zero-order valence-corrected chi connectivity index (χ0v) is 13.2. The topological polar surface area (TPSA) is 44.5 Å². The highest BCUT2D eigenvalue weighted by molar-refractivity contribution is 5.85. The number of halogens is 4. The van der Waals surface area contributed by atoms with Gasteiger partial charge in [0.15, 0.2) is 11.5 Å². The standard InChI is InChI=1S/C16H16F3NO2.ClH/c1-11-2-4-12(5-3-11)13-6-7-14(21-9-8-20)15(10-13)22-16(17,18)19;/h2-7,10H,8-9,20H2,1H3;1H. The summed E-state index contributed by atoms with van der Waals surface area (Å²) in [6.45, 7) is 2.25. The van der Waals surface area contributed by atoms with Crippen molar-refractivity contribution in [1.29, 1.82) is 0 Å². The third-order valence-corrected chi connectivity index (χ3v) is 2.93. The van der Waals surface area contributed by atoms with Crippen molar-refractivity contribution in [2.24, 2.45) is 5.73 Å². The Balaban J connectivity index is 0.00000264. The second-order valence-corrected chi connectivity index (χ2v) is 4.71. The molecule has 0 amide bonds. The smallest absolute Gasteiger partial charge is 0.488 e. The van der Waals surface area contributed by atoms with E-state index < -0.39 is 6.36 Å². The lowest BCUT2D eigenvalue weighted by atomic mass is 10.0. The van der Waals surface area contributed by atoms with Crippen LogP contribution in [0.15, 0.2) is 42.5 Å². The molecule has 0 aliphatic rings. The largest absolute Gasteiger partial charge is 0.573 e. The Morgan fingerprint density at radius 1 is 0.957 bits per heavy atom. The van der Waals surface area contributed by atoms with Crippen molar-refractivity contribution in [1.82, 2.24) is 0 Å². The number of hydrogen-bond donors (Lipinski definition) is 1. The van der Waals surface area contributed by atoms with E-state index in [2.05, 4.69) is 4.74 Å². The van der Waals surface area contributed by atoms with Gasteiger partial charge in [-0.2, -0.15) is 0 Å². The summed E-state index contributed by atoms with van der Waals surface area (Å²) in [6, 6.07) is 11.9. The van der Waals surface area contributed by atoms with E-state index in [0.29, 0.717) is 5.56 Å². The predicted octanol–water partition coefficient (Wildman–Crippen LogP) is 4.32. The van der Waals surface area contributed by atoms with Gasteiger partial charge >= 0.3 is 6.36 Å². The molecule has 0 heterocycles. The lowest BCUT2D eigenvalue weighted by molar-refractivity contribution is -0.275. The van der Waals surface area contributed by atoms with Crippen molar-refractivity contribution in [2.45, 2.75) is 13.3 Å². The summed E-state index contributed by atoms with van der Waals surface area (Å²) < 4.78 is 46.8. The number of ether oxygens (including phenoxy) is 2. The molecule has 2 N–H and O–H groups in total. The minimum Gasteiger partial charge on any atom is -0.488 e. The number of rotatable bonds is 5. The van der Waals surface area contributed by atoms with Crippen LogP contribution < -0.4 is 15.2 Å². The number of aryl methyl sites for hydroxylation is 1. The van der Waals surface area contributed by atoms with Crippen molar-refractivity contribution in [3.63, 3.8) is 0 Å². The van der Waals surface area contributed by atoms with Crippen LogP contribution in [0, 0.1) is 6.92 Å². The SMILES string of the molecule is Cc1ccc(-c2ccc(OCCN)c(OC(F)(F)F)c2)cc1.Cl. The highest BCUT2D eigenvalue weighted by Crippen LogP contribution is 2.36. The molecular formula is C16H17ClF3NO2. The molecule has 0 aliphatic heterocycles. The maximum Gasteiger partial charge on any atom is 0.573 e. The van der Waals surface area contributed by atoms with Crippen LogP contribution >= 0.6 is 12.4 Å². The lowest BCUT2D eigenvalue weighted by Crippen LogP contribution is -2.18. The van der Waals surface area contributed by atoms with Gasteiger partial charge in [-0.15, -0.1) is 25.6 Å². The first-order chi connectivity index (χ1) is 10.4. The molecule has 0 saturated carbocycles. The Morgan fingerprint density at radius 2 is 1.57 bits per heavy atom. The van der Waals surface area contributed by atoms with E-state index in [1.54, 1.807) is 6.07 Å². The quantitative estimate of drug-likeness (QED) is 0.876. The molecule has 0 spiro atoms. The minimum atomic E-state index is -4.78. The van der Waals surface area contributed by atoms with E-state index in [1.165, 1.54) is 12.1 Å². The monoisotopic (exact) mass is 347 g/mol. The number of alkyl halides is 3. The van der Waals surface area contributed by atoms with Crippen molar-refractivity contribution in [3.8, 4) is 22.6 Å². The van der Waals surface area contributed by atoms with Crippen LogP contribution in [0.4, 0.5) is 13.2 Å². The van der Waals surface area contributed by atoms with E-state index in [1.807, 2.05) is 31.2 Å². The van der Waals surface area contributed by atoms with Crippen LogP contribution in [0.1, 0.15) is 5.56 Å². The average Bonchev–Trinajstić information content (AvgIpc) is 2.45. The number of nitrogens with two attached hydrogens (primary N) is 1. The second kappa shape index (κ2) is 8.08. The van der Waals surface area contributed by atoms with Crippen molar-refractivity contribution in [3.05, 3.63) is 48.0 Å². The Kier molecular flexibility index (Phi) is 6.72. The fraction of sp³-hybridized carbons (Fsp3) is 0.250. The molecule has 2 aromatic rings. The highest BCUT2D eigenvalue weighted by Gasteiger charge is 2.32. The third-order valence-electron chi connectivity index (χ3n) is 2.93. The fourth-order valence-electron chi connectivity index (χ4n) is 1.93. The molecule has 0 atom stereocenters. The zero-order valence-electron chi connectivity index (χ0n) is 12.4. The number of hydrogen-bond acceptors (Lipinski definition) is 3. The van der Waals surface area contributed by atoms with Crippen molar-refractivity contribution >= 4 is 12.4 Å². The van der Waals surface area contributed by atoms with Crippen LogP contribution in [-0.2, 0) is 0 Å². The van der Waals surface area contributed by atoms with Gasteiger partial charge in [0.1, 0.15) is 6.61 Å². The second-order valence-electron chi connectivity index (χ2n) is 4.71. The summed E-state index contributed by atoms with van der Waals surface area (Å²) in [7, 11) is 0. The maximum atomic E-state index is 12.5. The van der Waals surface area contributed by atoms with Gasteiger partial charge in [-0.25, -0.2) is 0 Å². The summed E-state index contributed by atoms with van der Waals surface area (Å²) in [5.74, 6) is -0.363. The fourth-order valence-corrected chi connectivity index (χ4v) is 1.93. The van der Waals surface area contributed by atoms with Crippen LogP contribution in [0.5, 0.6) is 11.5 Å². The normalized spacial score (nSPS) is 10.8. The molecule has 0 saturated heterocycles. The van der Waals surface area contributed by atoms with Gasteiger partial charge < -0.3 is 15.2 Å². The molecule has 0 radical (unpaired) electrons. The summed E-state index contributed by atoms with van der Waals surface area (Å²) in [6.07, 6.45) is -4.78.